The monoisotopic (exact) mass is 289 g/mol. The number of nitrogens with zero attached hydrogens (tertiary/aromatic N) is 1. The van der Waals surface area contributed by atoms with E-state index in [1.807, 2.05) is 0 Å². The third-order valence-corrected chi connectivity index (χ3v) is 5.56. The smallest absolute Gasteiger partial charge is 0.778 e. The van der Waals surface area contributed by atoms with Crippen LogP contribution in [0.1, 0.15) is 5.69 Å². The Bertz CT molecular complexity index is 421. The average molecular weight is 289 g/mol. The van der Waals surface area contributed by atoms with Gasteiger partial charge < -0.3 is 24.1 Å². The molecule has 0 aliphatic heterocycles. The third-order valence-electron chi connectivity index (χ3n) is 1.88. The number of rotatable bonds is 4. The van der Waals surface area contributed by atoms with Gasteiger partial charge in [-0.2, -0.15) is 0 Å². The normalized spacial score (nSPS) is 16.7. The summed E-state index contributed by atoms with van der Waals surface area (Å²) in [6.45, 7) is 0. The zero-order valence-electron chi connectivity index (χ0n) is 9.00. The predicted octanol–water partition coefficient (Wildman–Crippen LogP) is -3.32. The van der Waals surface area contributed by atoms with Gasteiger partial charge >= 0.3 is 37.2 Å². The molecule has 1 heterocycles. The van der Waals surface area contributed by atoms with Crippen LogP contribution in [0.2, 0.25) is 0 Å². The van der Waals surface area contributed by atoms with E-state index in [-0.39, 0.29) is 35.3 Å². The van der Waals surface area contributed by atoms with Gasteiger partial charge in [0.2, 0.25) is 0 Å². The van der Waals surface area contributed by atoms with Crippen LogP contribution in [0.25, 0.3) is 0 Å². The van der Waals surface area contributed by atoms with Gasteiger partial charge in [0.15, 0.2) is 0 Å². The summed E-state index contributed by atoms with van der Waals surface area (Å²) >= 11 is 0. The molecular weight excluding hydrogens is 279 g/mol. The van der Waals surface area contributed by atoms with Crippen LogP contribution >= 0.6 is 15.2 Å². The number of hydrogen-bond acceptors (Lipinski definition) is 4. The zero-order chi connectivity index (χ0) is 12.4. The predicted molar refractivity (Wildman–Crippen MR) is 53.6 cm³/mol. The Labute approximate surface area is 120 Å². The fourth-order valence-electron chi connectivity index (χ4n) is 1.13. The molecule has 1 aromatic rings. The summed E-state index contributed by atoms with van der Waals surface area (Å²) in [6, 6.07) is 4.54. The number of hydrogen-bond donors (Lipinski definition) is 3. The molecule has 0 saturated heterocycles. The van der Waals surface area contributed by atoms with Crippen molar-refractivity contribution in [1.82, 2.24) is 4.98 Å². The average Bonchev–Trinajstić information content (AvgIpc) is 2.12. The molecule has 0 amide bonds. The van der Waals surface area contributed by atoms with Gasteiger partial charge in [-0.3, -0.25) is 9.55 Å². The van der Waals surface area contributed by atoms with Gasteiger partial charge in [-0.1, -0.05) is 6.07 Å². The Morgan fingerprint density at radius 1 is 1.29 bits per heavy atom. The molecule has 3 N–H and O–H groups in total. The van der Waals surface area contributed by atoms with Gasteiger partial charge in [-0.25, -0.2) is 0 Å². The summed E-state index contributed by atoms with van der Waals surface area (Å²) in [4.78, 5) is 41.0. The topological polar surface area (TPSA) is 131 Å². The molecule has 1 aromatic heterocycles. The minimum absolute atomic E-state index is 0. The van der Waals surface area contributed by atoms with E-state index >= 15 is 0 Å². The first kappa shape index (κ1) is 17.4. The van der Waals surface area contributed by atoms with Crippen molar-refractivity contribution in [2.75, 3.05) is 0 Å². The molecule has 0 aliphatic carbocycles. The van der Waals surface area contributed by atoms with E-state index in [4.69, 9.17) is 14.7 Å². The van der Waals surface area contributed by atoms with E-state index in [2.05, 4.69) is 4.98 Å². The molecule has 0 radical (unpaired) electrons. The van der Waals surface area contributed by atoms with Crippen LogP contribution < -0.4 is 34.5 Å². The van der Waals surface area contributed by atoms with Crippen LogP contribution in [0.4, 0.5) is 0 Å². The van der Waals surface area contributed by atoms with Gasteiger partial charge in [-0.15, -0.1) is 0 Å². The van der Waals surface area contributed by atoms with Gasteiger partial charge in [0.1, 0.15) is 13.0 Å². The van der Waals surface area contributed by atoms with E-state index in [1.165, 1.54) is 12.3 Å². The first-order valence-corrected chi connectivity index (χ1v) is 7.52. The second-order valence-corrected chi connectivity index (χ2v) is 7.12. The van der Waals surface area contributed by atoms with Crippen molar-refractivity contribution >= 4 is 15.2 Å². The molecule has 2 atom stereocenters. The molecule has 0 bridgehead atoms. The van der Waals surface area contributed by atoms with Crippen molar-refractivity contribution < 1.29 is 58.3 Å². The summed E-state index contributed by atoms with van der Waals surface area (Å²) in [5, 5.41) is -2.14. The van der Waals surface area contributed by atoms with Gasteiger partial charge in [0.25, 0.3) is 0 Å². The maximum Gasteiger partial charge on any atom is 1.00 e. The fraction of sp³-hybridized carbons (Fsp3) is 0.286. The van der Waals surface area contributed by atoms with E-state index in [0.717, 1.165) is 0 Å². The fourth-order valence-corrected chi connectivity index (χ4v) is 3.49. The van der Waals surface area contributed by atoms with Crippen molar-refractivity contribution in [2.24, 2.45) is 0 Å². The van der Waals surface area contributed by atoms with Crippen LogP contribution in [-0.2, 0) is 15.6 Å². The molecule has 0 aliphatic rings. The second kappa shape index (κ2) is 6.57. The van der Waals surface area contributed by atoms with E-state index in [0.29, 0.717) is 0 Å². The molecule has 0 saturated carbocycles. The van der Waals surface area contributed by atoms with Crippen molar-refractivity contribution in [2.45, 2.75) is 11.8 Å². The summed E-state index contributed by atoms with van der Waals surface area (Å²) < 4.78 is 21.8. The van der Waals surface area contributed by atoms with Crippen LogP contribution in [0.3, 0.4) is 0 Å². The largest absolute Gasteiger partial charge is 1.00 e. The standard InChI is InChI=1S/C7H11NO6P2.Na/c9-15(10,11)7(16(12,13)14)5-6-3-1-2-4-8-6;/h1-4,7H,5H2,(H2,9,10,11)(H2,12,13,14);/q;+1/p-1. The zero-order valence-corrected chi connectivity index (χ0v) is 12.8. The van der Waals surface area contributed by atoms with Crippen LogP contribution in [0, 0.1) is 0 Å². The van der Waals surface area contributed by atoms with Crippen molar-refractivity contribution in [3.05, 3.63) is 30.1 Å². The third kappa shape index (κ3) is 5.75. The minimum Gasteiger partial charge on any atom is -0.778 e. The van der Waals surface area contributed by atoms with Crippen LogP contribution in [-0.4, -0.2) is 25.1 Å². The quantitative estimate of drug-likeness (QED) is 0.390. The SMILES string of the molecule is O=P([O-])(O)C(Cc1ccccn1)P(=O)(O)O.[Na+]. The molecular formula is C7H10NNaO6P2. The van der Waals surface area contributed by atoms with Crippen molar-refractivity contribution in [3.63, 3.8) is 0 Å². The Balaban J connectivity index is 0.00000256. The number of pyridine rings is 1. The van der Waals surface area contributed by atoms with Crippen LogP contribution in [0.15, 0.2) is 24.4 Å². The molecule has 0 spiro atoms. The number of aromatic nitrogens is 1. The van der Waals surface area contributed by atoms with Gasteiger partial charge in [-0.05, 0) is 12.1 Å². The van der Waals surface area contributed by atoms with E-state index in [9.17, 15) is 14.0 Å². The Kier molecular flexibility index (Phi) is 6.74. The maximum absolute atomic E-state index is 10.9. The van der Waals surface area contributed by atoms with Crippen molar-refractivity contribution in [1.29, 1.82) is 0 Å². The van der Waals surface area contributed by atoms with Gasteiger partial charge in [0.05, 0.1) is 0 Å². The molecule has 7 nitrogen and oxygen atoms in total. The summed E-state index contributed by atoms with van der Waals surface area (Å²) in [7, 11) is -10.0. The van der Waals surface area contributed by atoms with Gasteiger partial charge in [0, 0.05) is 18.3 Å². The maximum atomic E-state index is 10.9. The molecule has 90 valence electrons. The molecule has 1 rings (SSSR count). The Hall–Kier alpha value is 0.450. The molecule has 0 fully saturated rings. The second-order valence-electron chi connectivity index (χ2n) is 3.16. The molecule has 10 heteroatoms. The van der Waals surface area contributed by atoms with E-state index in [1.54, 1.807) is 12.1 Å². The minimum atomic E-state index is -5.12. The Morgan fingerprint density at radius 3 is 2.24 bits per heavy atom. The molecule has 2 unspecified atom stereocenters. The van der Waals surface area contributed by atoms with Crippen LogP contribution in [0.5, 0.6) is 0 Å². The molecule has 0 aromatic carbocycles. The van der Waals surface area contributed by atoms with E-state index < -0.39 is 27.0 Å². The van der Waals surface area contributed by atoms with Crippen molar-refractivity contribution in [3.8, 4) is 0 Å². The summed E-state index contributed by atoms with van der Waals surface area (Å²) in [5.41, 5.74) is 0.181. The Morgan fingerprint density at radius 2 is 1.88 bits per heavy atom. The summed E-state index contributed by atoms with van der Waals surface area (Å²) in [5.74, 6) is 0. The summed E-state index contributed by atoms with van der Waals surface area (Å²) in [6.07, 6.45) is 0.835. The molecule has 17 heavy (non-hydrogen) atoms. The first-order chi connectivity index (χ1) is 7.21. The first-order valence-electron chi connectivity index (χ1n) is 4.20.